The van der Waals surface area contributed by atoms with Crippen LogP contribution in [0.4, 0.5) is 13.9 Å². The minimum absolute atomic E-state index is 0.0821. The quantitative estimate of drug-likeness (QED) is 0.406. The van der Waals surface area contributed by atoms with Crippen LogP contribution >= 0.6 is 23.1 Å². The number of hydrogen-bond acceptors (Lipinski definition) is 7. The molecule has 11 heteroatoms. The van der Waals surface area contributed by atoms with Gasteiger partial charge in [0.2, 0.25) is 5.91 Å². The summed E-state index contributed by atoms with van der Waals surface area (Å²) in [6.07, 6.45) is -0.636. The molecule has 0 aliphatic carbocycles. The van der Waals surface area contributed by atoms with Crippen molar-refractivity contribution >= 4 is 44.4 Å². The number of nitrogens with zero attached hydrogens (tertiary/aromatic N) is 4. The van der Waals surface area contributed by atoms with Gasteiger partial charge in [-0.15, -0.1) is 10.2 Å². The zero-order valence-corrected chi connectivity index (χ0v) is 18.1. The number of carbonyl (C=O) groups excluding carboxylic acids is 1. The van der Waals surface area contributed by atoms with Crippen LogP contribution in [0.2, 0.25) is 0 Å². The van der Waals surface area contributed by atoms with E-state index in [0.29, 0.717) is 16.1 Å². The Balaban J connectivity index is 1.36. The van der Waals surface area contributed by atoms with Crippen LogP contribution in [0.25, 0.3) is 10.2 Å². The van der Waals surface area contributed by atoms with Crippen molar-refractivity contribution < 1.29 is 18.3 Å². The van der Waals surface area contributed by atoms with E-state index in [0.717, 1.165) is 22.3 Å². The van der Waals surface area contributed by atoms with Gasteiger partial charge in [-0.05, 0) is 31.2 Å². The first-order chi connectivity index (χ1) is 14.9. The molecule has 1 N–H and O–H groups in total. The molecule has 160 valence electrons. The first-order valence-electron chi connectivity index (χ1n) is 9.20. The molecule has 0 saturated heterocycles. The lowest BCUT2D eigenvalue weighted by Crippen LogP contribution is -2.14. The van der Waals surface area contributed by atoms with Gasteiger partial charge in [0.05, 0.1) is 16.0 Å². The second kappa shape index (κ2) is 8.98. The number of anilines is 1. The van der Waals surface area contributed by atoms with Crippen LogP contribution in [0.1, 0.15) is 18.9 Å². The molecule has 1 amide bonds. The van der Waals surface area contributed by atoms with Crippen LogP contribution in [0.3, 0.4) is 0 Å². The molecule has 31 heavy (non-hydrogen) atoms. The van der Waals surface area contributed by atoms with Crippen molar-refractivity contribution in [1.82, 2.24) is 19.7 Å². The molecule has 2 aromatic heterocycles. The molecular weight excluding hydrogens is 444 g/mol. The molecule has 2 aromatic carbocycles. The van der Waals surface area contributed by atoms with Gasteiger partial charge in [-0.2, -0.15) is 0 Å². The molecule has 4 rings (SSSR count). The third kappa shape index (κ3) is 4.83. The van der Waals surface area contributed by atoms with Crippen LogP contribution in [0.5, 0.6) is 5.75 Å². The number of thiazole rings is 1. The third-order valence-electron chi connectivity index (χ3n) is 4.30. The van der Waals surface area contributed by atoms with Gasteiger partial charge >= 0.3 is 0 Å². The summed E-state index contributed by atoms with van der Waals surface area (Å²) >= 11 is 2.61. The topological polar surface area (TPSA) is 81.9 Å². The van der Waals surface area contributed by atoms with E-state index in [2.05, 4.69) is 20.5 Å². The van der Waals surface area contributed by atoms with E-state index < -0.39 is 17.7 Å². The second-order valence-corrected chi connectivity index (χ2v) is 8.53. The van der Waals surface area contributed by atoms with E-state index in [1.54, 1.807) is 18.5 Å². The van der Waals surface area contributed by atoms with Gasteiger partial charge < -0.3 is 14.6 Å². The van der Waals surface area contributed by atoms with Crippen molar-refractivity contribution in [2.75, 3.05) is 11.1 Å². The van der Waals surface area contributed by atoms with Crippen LogP contribution in [0.15, 0.2) is 47.6 Å². The van der Waals surface area contributed by atoms with E-state index in [9.17, 15) is 13.6 Å². The fourth-order valence-electron chi connectivity index (χ4n) is 2.83. The van der Waals surface area contributed by atoms with Gasteiger partial charge in [-0.1, -0.05) is 35.2 Å². The SMILES string of the molecule is CC(Oc1ccc(F)cc1F)c1nnc(SCC(=O)Nc2nc3ccccc3s2)n1C. The summed E-state index contributed by atoms with van der Waals surface area (Å²) in [5.74, 6) is -1.22. The average Bonchev–Trinajstić information content (AvgIpc) is 3.31. The van der Waals surface area contributed by atoms with Gasteiger partial charge in [-0.3, -0.25) is 4.79 Å². The lowest BCUT2D eigenvalue weighted by atomic mass is 10.3. The molecule has 0 radical (unpaired) electrons. The molecule has 4 aromatic rings. The Morgan fingerprint density at radius 2 is 2.06 bits per heavy atom. The van der Waals surface area contributed by atoms with Crippen molar-refractivity contribution in [2.24, 2.45) is 7.05 Å². The van der Waals surface area contributed by atoms with Crippen molar-refractivity contribution in [3.8, 4) is 5.75 Å². The highest BCUT2D eigenvalue weighted by atomic mass is 32.2. The number of amides is 1. The zero-order chi connectivity index (χ0) is 22.0. The van der Waals surface area contributed by atoms with Crippen LogP contribution < -0.4 is 10.1 Å². The first-order valence-corrected chi connectivity index (χ1v) is 11.0. The monoisotopic (exact) mass is 461 g/mol. The number of carbonyl (C=O) groups is 1. The molecule has 1 atom stereocenters. The minimum Gasteiger partial charge on any atom is -0.480 e. The number of nitrogens with one attached hydrogen (secondary N) is 1. The molecule has 2 heterocycles. The lowest BCUT2D eigenvalue weighted by molar-refractivity contribution is -0.113. The van der Waals surface area contributed by atoms with E-state index in [1.807, 2.05) is 24.3 Å². The number of halogens is 2. The molecule has 1 unspecified atom stereocenters. The Morgan fingerprint density at radius 1 is 1.26 bits per heavy atom. The Morgan fingerprint density at radius 3 is 2.84 bits per heavy atom. The molecule has 0 aliphatic rings. The number of para-hydroxylation sites is 1. The lowest BCUT2D eigenvalue weighted by Gasteiger charge is -2.14. The average molecular weight is 462 g/mol. The number of rotatable bonds is 7. The largest absolute Gasteiger partial charge is 0.480 e. The predicted octanol–water partition coefficient (Wildman–Crippen LogP) is 4.57. The van der Waals surface area contributed by atoms with Crippen molar-refractivity contribution in [3.05, 3.63) is 59.9 Å². The number of benzene rings is 2. The smallest absolute Gasteiger partial charge is 0.236 e. The van der Waals surface area contributed by atoms with Gasteiger partial charge in [0.15, 0.2) is 33.8 Å². The number of fused-ring (bicyclic) bond motifs is 1. The summed E-state index contributed by atoms with van der Waals surface area (Å²) in [4.78, 5) is 16.7. The summed E-state index contributed by atoms with van der Waals surface area (Å²) in [6.45, 7) is 1.68. The molecule has 7 nitrogen and oxygen atoms in total. The molecule has 0 aliphatic heterocycles. The standard InChI is InChI=1S/C20H17F2N5O2S2/c1-11(29-15-8-7-12(21)9-13(15)22)18-25-26-20(27(18)2)30-10-17(28)24-19-23-14-5-3-4-6-16(14)31-19/h3-9,11H,10H2,1-2H3,(H,23,24,28). The molecule has 0 saturated carbocycles. The van der Waals surface area contributed by atoms with Gasteiger partial charge in [0.1, 0.15) is 5.82 Å². The van der Waals surface area contributed by atoms with Gasteiger partial charge in [0, 0.05) is 13.1 Å². The Labute approximate surface area is 184 Å². The maximum absolute atomic E-state index is 13.8. The number of hydrogen-bond donors (Lipinski definition) is 1. The Hall–Kier alpha value is -3.05. The van der Waals surface area contributed by atoms with E-state index in [-0.39, 0.29) is 17.4 Å². The summed E-state index contributed by atoms with van der Waals surface area (Å²) in [5, 5.41) is 12.0. The normalized spacial score (nSPS) is 12.1. The van der Waals surface area contributed by atoms with Crippen LogP contribution in [0, 0.1) is 11.6 Å². The number of aromatic nitrogens is 4. The number of ether oxygens (including phenoxy) is 1. The van der Waals surface area contributed by atoms with E-state index in [1.165, 1.54) is 29.2 Å². The van der Waals surface area contributed by atoms with E-state index in [4.69, 9.17) is 4.74 Å². The second-order valence-electron chi connectivity index (χ2n) is 6.56. The molecular formula is C20H17F2N5O2S2. The maximum Gasteiger partial charge on any atom is 0.236 e. The molecule has 0 spiro atoms. The van der Waals surface area contributed by atoms with E-state index >= 15 is 0 Å². The van der Waals surface area contributed by atoms with Gasteiger partial charge in [0.25, 0.3) is 0 Å². The summed E-state index contributed by atoms with van der Waals surface area (Å²) in [7, 11) is 1.73. The fourth-order valence-corrected chi connectivity index (χ4v) is 4.43. The summed E-state index contributed by atoms with van der Waals surface area (Å²) in [6, 6.07) is 10.7. The number of thioether (sulfide) groups is 1. The predicted molar refractivity (Wildman–Crippen MR) is 115 cm³/mol. The summed E-state index contributed by atoms with van der Waals surface area (Å²) < 4.78 is 35.1. The minimum atomic E-state index is -0.796. The highest BCUT2D eigenvalue weighted by Gasteiger charge is 2.19. The third-order valence-corrected chi connectivity index (χ3v) is 6.27. The van der Waals surface area contributed by atoms with Crippen LogP contribution in [-0.2, 0) is 11.8 Å². The van der Waals surface area contributed by atoms with Crippen LogP contribution in [-0.4, -0.2) is 31.4 Å². The highest BCUT2D eigenvalue weighted by Crippen LogP contribution is 2.27. The summed E-state index contributed by atoms with van der Waals surface area (Å²) in [5.41, 5.74) is 0.833. The maximum atomic E-state index is 13.8. The molecule has 0 bridgehead atoms. The Kier molecular flexibility index (Phi) is 6.14. The first kappa shape index (κ1) is 21.2. The molecule has 0 fully saturated rings. The highest BCUT2D eigenvalue weighted by molar-refractivity contribution is 7.99. The zero-order valence-electron chi connectivity index (χ0n) is 16.5. The Bertz CT molecular complexity index is 1210. The van der Waals surface area contributed by atoms with Crippen molar-refractivity contribution in [1.29, 1.82) is 0 Å². The van der Waals surface area contributed by atoms with Gasteiger partial charge in [-0.25, -0.2) is 13.8 Å². The van der Waals surface area contributed by atoms with Crippen molar-refractivity contribution in [2.45, 2.75) is 18.2 Å². The van der Waals surface area contributed by atoms with Crippen molar-refractivity contribution in [3.63, 3.8) is 0 Å². The fraction of sp³-hybridized carbons (Fsp3) is 0.200.